The van der Waals surface area contributed by atoms with Crippen LogP contribution in [0.3, 0.4) is 0 Å². The quantitative estimate of drug-likeness (QED) is 0.916. The van der Waals surface area contributed by atoms with E-state index in [0.717, 1.165) is 30.0 Å². The van der Waals surface area contributed by atoms with Crippen molar-refractivity contribution in [3.05, 3.63) is 46.3 Å². The van der Waals surface area contributed by atoms with Crippen molar-refractivity contribution in [2.24, 2.45) is 0 Å². The molecule has 1 aliphatic heterocycles. The Morgan fingerprint density at radius 1 is 1.35 bits per heavy atom. The molecule has 23 heavy (non-hydrogen) atoms. The molecule has 0 aliphatic carbocycles. The van der Waals surface area contributed by atoms with Gasteiger partial charge in [-0.25, -0.2) is 9.78 Å². The molecule has 1 N–H and O–H groups in total. The van der Waals surface area contributed by atoms with Gasteiger partial charge in [-0.2, -0.15) is 11.3 Å². The zero-order valence-corrected chi connectivity index (χ0v) is 14.2. The number of nitrogens with zero attached hydrogens (tertiary/aromatic N) is 3. The van der Waals surface area contributed by atoms with Gasteiger partial charge in [0.25, 0.3) is 0 Å². The van der Waals surface area contributed by atoms with Crippen molar-refractivity contribution in [2.45, 2.75) is 25.9 Å². The highest BCUT2D eigenvalue weighted by Gasteiger charge is 2.14. The van der Waals surface area contributed by atoms with E-state index in [1.165, 1.54) is 12.8 Å². The number of amides is 2. The summed E-state index contributed by atoms with van der Waals surface area (Å²) in [5.41, 5.74) is 2.24. The van der Waals surface area contributed by atoms with Gasteiger partial charge in [0, 0.05) is 39.4 Å². The fourth-order valence-corrected chi connectivity index (χ4v) is 3.39. The molecule has 0 spiro atoms. The Balaban J connectivity index is 1.53. The first-order chi connectivity index (χ1) is 11.2. The minimum absolute atomic E-state index is 0.0595. The Morgan fingerprint density at radius 3 is 2.91 bits per heavy atom. The van der Waals surface area contributed by atoms with Gasteiger partial charge in [-0.3, -0.25) is 0 Å². The number of carbonyl (C=O) groups is 1. The molecule has 0 atom stereocenters. The SMILES string of the molecule is CN(Cc1ccsc1)C(=O)NCc1ccnc(N2CCCC2)c1. The van der Waals surface area contributed by atoms with Crippen LogP contribution in [-0.4, -0.2) is 36.1 Å². The number of anilines is 1. The van der Waals surface area contributed by atoms with Crippen LogP contribution in [0.2, 0.25) is 0 Å². The zero-order valence-electron chi connectivity index (χ0n) is 13.4. The minimum atomic E-state index is -0.0595. The van der Waals surface area contributed by atoms with Crippen molar-refractivity contribution in [2.75, 3.05) is 25.0 Å². The van der Waals surface area contributed by atoms with E-state index in [4.69, 9.17) is 0 Å². The summed E-state index contributed by atoms with van der Waals surface area (Å²) in [5, 5.41) is 7.06. The van der Waals surface area contributed by atoms with Crippen molar-refractivity contribution < 1.29 is 4.79 Å². The lowest BCUT2D eigenvalue weighted by Gasteiger charge is -2.19. The Morgan fingerprint density at radius 2 is 2.17 bits per heavy atom. The Kier molecular flexibility index (Phi) is 5.12. The fraction of sp³-hybridized carbons (Fsp3) is 0.412. The summed E-state index contributed by atoms with van der Waals surface area (Å²) >= 11 is 1.65. The van der Waals surface area contributed by atoms with E-state index < -0.39 is 0 Å². The van der Waals surface area contributed by atoms with Crippen LogP contribution in [0, 0.1) is 0 Å². The van der Waals surface area contributed by atoms with Crippen LogP contribution in [0.25, 0.3) is 0 Å². The summed E-state index contributed by atoms with van der Waals surface area (Å²) in [4.78, 5) is 20.6. The largest absolute Gasteiger partial charge is 0.357 e. The van der Waals surface area contributed by atoms with E-state index in [0.29, 0.717) is 13.1 Å². The second kappa shape index (κ2) is 7.46. The molecular weight excluding hydrogens is 308 g/mol. The van der Waals surface area contributed by atoms with Crippen LogP contribution in [0.15, 0.2) is 35.2 Å². The van der Waals surface area contributed by atoms with E-state index in [-0.39, 0.29) is 6.03 Å². The van der Waals surface area contributed by atoms with Gasteiger partial charge >= 0.3 is 6.03 Å². The third-order valence-electron chi connectivity index (χ3n) is 4.03. The lowest BCUT2D eigenvalue weighted by molar-refractivity contribution is 0.206. The van der Waals surface area contributed by atoms with Gasteiger partial charge in [-0.1, -0.05) is 0 Å². The van der Waals surface area contributed by atoms with E-state index in [2.05, 4.69) is 26.6 Å². The third-order valence-corrected chi connectivity index (χ3v) is 4.76. The first-order valence-electron chi connectivity index (χ1n) is 7.92. The van der Waals surface area contributed by atoms with Crippen molar-refractivity contribution in [1.29, 1.82) is 0 Å². The van der Waals surface area contributed by atoms with Crippen molar-refractivity contribution in [1.82, 2.24) is 15.2 Å². The van der Waals surface area contributed by atoms with Gasteiger partial charge < -0.3 is 15.1 Å². The normalized spacial score (nSPS) is 14.0. The Labute approximate surface area is 140 Å². The first-order valence-corrected chi connectivity index (χ1v) is 8.86. The van der Waals surface area contributed by atoms with Gasteiger partial charge in [-0.15, -0.1) is 0 Å². The van der Waals surface area contributed by atoms with Crippen molar-refractivity contribution in [3.63, 3.8) is 0 Å². The average Bonchev–Trinajstić information content (AvgIpc) is 3.26. The fourth-order valence-electron chi connectivity index (χ4n) is 2.73. The number of hydrogen-bond donors (Lipinski definition) is 1. The molecule has 2 amide bonds. The topological polar surface area (TPSA) is 48.5 Å². The standard InChI is InChI=1S/C17H22N4OS/c1-20(12-15-5-9-23-13-15)17(22)19-11-14-4-6-18-16(10-14)21-7-2-3-8-21/h4-6,9-10,13H,2-3,7-8,11-12H2,1H3,(H,19,22). The molecule has 0 bridgehead atoms. The molecule has 0 radical (unpaired) electrons. The maximum Gasteiger partial charge on any atom is 0.317 e. The van der Waals surface area contributed by atoms with Crippen LogP contribution < -0.4 is 10.2 Å². The van der Waals surface area contributed by atoms with E-state index in [1.54, 1.807) is 16.2 Å². The number of rotatable bonds is 5. The molecule has 0 aromatic carbocycles. The average molecular weight is 330 g/mol. The van der Waals surface area contributed by atoms with E-state index in [9.17, 15) is 4.79 Å². The molecule has 1 saturated heterocycles. The first kappa shape index (κ1) is 15.8. The minimum Gasteiger partial charge on any atom is -0.357 e. The second-order valence-electron chi connectivity index (χ2n) is 5.86. The summed E-state index contributed by atoms with van der Waals surface area (Å²) in [6.45, 7) is 3.30. The van der Waals surface area contributed by atoms with Crippen molar-refractivity contribution in [3.8, 4) is 0 Å². The maximum atomic E-state index is 12.2. The number of aromatic nitrogens is 1. The number of pyridine rings is 1. The summed E-state index contributed by atoms with van der Waals surface area (Å²) < 4.78 is 0. The molecule has 3 heterocycles. The molecule has 2 aromatic rings. The van der Waals surface area contributed by atoms with Crippen LogP contribution in [-0.2, 0) is 13.1 Å². The van der Waals surface area contributed by atoms with Crippen LogP contribution >= 0.6 is 11.3 Å². The molecule has 2 aromatic heterocycles. The van der Waals surface area contributed by atoms with E-state index in [1.807, 2.05) is 30.8 Å². The number of carbonyl (C=O) groups excluding carboxylic acids is 1. The molecule has 122 valence electrons. The molecule has 0 saturated carbocycles. The molecule has 1 aliphatic rings. The van der Waals surface area contributed by atoms with Gasteiger partial charge in [0.2, 0.25) is 0 Å². The summed E-state index contributed by atoms with van der Waals surface area (Å²) in [7, 11) is 1.81. The molecule has 0 unspecified atom stereocenters. The van der Waals surface area contributed by atoms with Gasteiger partial charge in [-0.05, 0) is 52.9 Å². The summed E-state index contributed by atoms with van der Waals surface area (Å²) in [6.07, 6.45) is 4.29. The molecule has 3 rings (SSSR count). The number of thiophene rings is 1. The maximum absolute atomic E-state index is 12.2. The Hall–Kier alpha value is -2.08. The lowest BCUT2D eigenvalue weighted by Crippen LogP contribution is -2.36. The van der Waals surface area contributed by atoms with E-state index >= 15 is 0 Å². The monoisotopic (exact) mass is 330 g/mol. The summed E-state index contributed by atoms with van der Waals surface area (Å²) in [5.74, 6) is 1.01. The number of hydrogen-bond acceptors (Lipinski definition) is 4. The molecule has 1 fully saturated rings. The number of nitrogens with one attached hydrogen (secondary N) is 1. The van der Waals surface area contributed by atoms with Gasteiger partial charge in [0.15, 0.2) is 0 Å². The predicted molar refractivity (Wildman–Crippen MR) is 93.7 cm³/mol. The highest BCUT2D eigenvalue weighted by atomic mass is 32.1. The second-order valence-corrected chi connectivity index (χ2v) is 6.64. The van der Waals surface area contributed by atoms with Gasteiger partial charge in [0.1, 0.15) is 5.82 Å². The van der Waals surface area contributed by atoms with Crippen molar-refractivity contribution >= 4 is 23.2 Å². The smallest absolute Gasteiger partial charge is 0.317 e. The highest BCUT2D eigenvalue weighted by molar-refractivity contribution is 7.07. The van der Waals surface area contributed by atoms with Crippen LogP contribution in [0.5, 0.6) is 0 Å². The zero-order chi connectivity index (χ0) is 16.1. The molecule has 6 heteroatoms. The molecular formula is C17H22N4OS. The van der Waals surface area contributed by atoms with Gasteiger partial charge in [0.05, 0.1) is 0 Å². The highest BCUT2D eigenvalue weighted by Crippen LogP contribution is 2.18. The summed E-state index contributed by atoms with van der Waals surface area (Å²) in [6, 6.07) is 6.01. The molecule has 5 nitrogen and oxygen atoms in total. The third kappa shape index (κ3) is 4.22. The van der Waals surface area contributed by atoms with Crippen LogP contribution in [0.4, 0.5) is 10.6 Å². The number of urea groups is 1. The lowest BCUT2D eigenvalue weighted by atomic mass is 10.2. The predicted octanol–water partition coefficient (Wildman–Crippen LogP) is 3.08. The Bertz CT molecular complexity index is 638. The van der Waals surface area contributed by atoms with Crippen LogP contribution in [0.1, 0.15) is 24.0 Å².